The Labute approximate surface area is 115 Å². The highest BCUT2D eigenvalue weighted by atomic mass is 19.1. The molecule has 1 heterocycles. The molecule has 1 aromatic carbocycles. The van der Waals surface area contributed by atoms with E-state index in [1.807, 2.05) is 6.92 Å². The van der Waals surface area contributed by atoms with Gasteiger partial charge in [0.25, 0.3) is 0 Å². The van der Waals surface area contributed by atoms with Gasteiger partial charge in [-0.2, -0.15) is 0 Å². The lowest BCUT2D eigenvalue weighted by atomic mass is 10.1. The predicted octanol–water partition coefficient (Wildman–Crippen LogP) is 1.83. The Bertz CT molecular complexity index is 582. The third-order valence-corrected chi connectivity index (χ3v) is 3.06. The van der Waals surface area contributed by atoms with Crippen molar-refractivity contribution in [2.24, 2.45) is 0 Å². The van der Waals surface area contributed by atoms with Gasteiger partial charge in [-0.25, -0.2) is 9.07 Å². The van der Waals surface area contributed by atoms with E-state index in [0.717, 1.165) is 5.56 Å². The number of carbonyl (C=O) groups is 1. The zero-order chi connectivity index (χ0) is 14.5. The summed E-state index contributed by atoms with van der Waals surface area (Å²) in [6.07, 6.45) is 1.02. The maximum Gasteiger partial charge on any atom is 0.305 e. The van der Waals surface area contributed by atoms with E-state index in [4.69, 9.17) is 5.11 Å². The Morgan fingerprint density at radius 1 is 1.40 bits per heavy atom. The van der Waals surface area contributed by atoms with Crippen LogP contribution in [0, 0.1) is 5.82 Å². The van der Waals surface area contributed by atoms with Gasteiger partial charge in [-0.05, 0) is 34.5 Å². The van der Waals surface area contributed by atoms with Crippen molar-refractivity contribution in [3.63, 3.8) is 0 Å². The van der Waals surface area contributed by atoms with Gasteiger partial charge in [0.15, 0.2) is 5.82 Å². The summed E-state index contributed by atoms with van der Waals surface area (Å²) in [5.74, 6) is -0.615. The summed E-state index contributed by atoms with van der Waals surface area (Å²) in [5, 5.41) is 20.3. The second-order valence-electron chi connectivity index (χ2n) is 4.50. The predicted molar refractivity (Wildman–Crippen MR) is 68.6 cm³/mol. The number of carboxylic acid groups (broad SMARTS) is 1. The molecule has 2 aromatic rings. The molecule has 0 saturated carbocycles. The highest BCUT2D eigenvalue weighted by Gasteiger charge is 2.18. The van der Waals surface area contributed by atoms with Crippen LogP contribution in [0.25, 0.3) is 0 Å². The minimum Gasteiger partial charge on any atom is -0.481 e. The quantitative estimate of drug-likeness (QED) is 0.871. The van der Waals surface area contributed by atoms with E-state index < -0.39 is 5.97 Å². The molecule has 1 atom stereocenters. The molecule has 0 saturated heterocycles. The Kier molecular flexibility index (Phi) is 4.39. The van der Waals surface area contributed by atoms with E-state index in [1.165, 1.54) is 16.8 Å². The summed E-state index contributed by atoms with van der Waals surface area (Å²) in [5.41, 5.74) is 0.868. The van der Waals surface area contributed by atoms with Crippen LogP contribution >= 0.6 is 0 Å². The molecule has 20 heavy (non-hydrogen) atoms. The van der Waals surface area contributed by atoms with E-state index in [9.17, 15) is 9.18 Å². The molecule has 0 fully saturated rings. The summed E-state index contributed by atoms with van der Waals surface area (Å²) < 4.78 is 14.4. The average molecular weight is 278 g/mol. The molecule has 106 valence electrons. The number of rotatable bonds is 6. The summed E-state index contributed by atoms with van der Waals surface area (Å²) in [6.45, 7) is 1.89. The normalized spacial score (nSPS) is 12.3. The lowest BCUT2D eigenvalue weighted by Crippen LogP contribution is -2.17. The van der Waals surface area contributed by atoms with E-state index >= 15 is 0 Å². The van der Waals surface area contributed by atoms with Crippen LogP contribution in [0.5, 0.6) is 0 Å². The molecule has 0 radical (unpaired) electrons. The minimum atomic E-state index is -0.889. The Hall–Kier alpha value is -2.31. The molecule has 1 N–H and O–H groups in total. The van der Waals surface area contributed by atoms with Gasteiger partial charge in [0, 0.05) is 6.42 Å². The number of halogens is 1. The van der Waals surface area contributed by atoms with Crippen molar-refractivity contribution in [2.45, 2.75) is 32.2 Å². The number of hydrogen-bond donors (Lipinski definition) is 1. The van der Waals surface area contributed by atoms with E-state index in [0.29, 0.717) is 18.7 Å². The van der Waals surface area contributed by atoms with Gasteiger partial charge in [-0.1, -0.05) is 19.1 Å². The number of nitrogens with zero attached hydrogens (tertiary/aromatic N) is 4. The SMILES string of the molecule is CCC(CC(=O)O)n1nnnc1Cc1ccc(F)cc1. The number of benzene rings is 1. The monoisotopic (exact) mass is 278 g/mol. The van der Waals surface area contributed by atoms with Crippen molar-refractivity contribution in [1.29, 1.82) is 0 Å². The first kappa shape index (κ1) is 14.1. The number of tetrazole rings is 1. The Balaban J connectivity index is 2.19. The molecule has 2 rings (SSSR count). The molecule has 6 nitrogen and oxygen atoms in total. The van der Waals surface area contributed by atoms with Crippen LogP contribution in [0.3, 0.4) is 0 Å². The van der Waals surface area contributed by atoms with Crippen LogP contribution in [0.1, 0.15) is 37.2 Å². The summed E-state index contributed by atoms with van der Waals surface area (Å²) >= 11 is 0. The first-order chi connectivity index (χ1) is 9.60. The van der Waals surface area contributed by atoms with Crippen molar-refractivity contribution in [3.05, 3.63) is 41.5 Å². The third-order valence-electron chi connectivity index (χ3n) is 3.06. The number of hydrogen-bond acceptors (Lipinski definition) is 4. The number of carboxylic acids is 1. The van der Waals surface area contributed by atoms with Gasteiger partial charge in [-0.3, -0.25) is 4.79 Å². The molecule has 0 aliphatic rings. The lowest BCUT2D eigenvalue weighted by Gasteiger charge is -2.14. The van der Waals surface area contributed by atoms with Crippen molar-refractivity contribution in [2.75, 3.05) is 0 Å². The summed E-state index contributed by atoms with van der Waals surface area (Å²) in [6, 6.07) is 5.78. The molecule has 1 aromatic heterocycles. The highest BCUT2D eigenvalue weighted by molar-refractivity contribution is 5.67. The first-order valence-electron chi connectivity index (χ1n) is 6.33. The van der Waals surface area contributed by atoms with Crippen LogP contribution in [0.2, 0.25) is 0 Å². The largest absolute Gasteiger partial charge is 0.481 e. The van der Waals surface area contributed by atoms with Crippen LogP contribution in [-0.4, -0.2) is 31.3 Å². The van der Waals surface area contributed by atoms with Crippen molar-refractivity contribution in [3.8, 4) is 0 Å². The highest BCUT2D eigenvalue weighted by Crippen LogP contribution is 2.17. The molecule has 7 heteroatoms. The third kappa shape index (κ3) is 3.37. The van der Waals surface area contributed by atoms with Crippen LogP contribution in [0.4, 0.5) is 4.39 Å². The van der Waals surface area contributed by atoms with Crippen molar-refractivity contribution < 1.29 is 14.3 Å². The van der Waals surface area contributed by atoms with E-state index in [2.05, 4.69) is 15.5 Å². The lowest BCUT2D eigenvalue weighted by molar-refractivity contribution is -0.138. The maximum absolute atomic E-state index is 12.9. The van der Waals surface area contributed by atoms with Gasteiger partial charge in [0.05, 0.1) is 12.5 Å². The average Bonchev–Trinajstić information content (AvgIpc) is 2.86. The van der Waals surface area contributed by atoms with Gasteiger partial charge < -0.3 is 5.11 Å². The van der Waals surface area contributed by atoms with Crippen LogP contribution in [0.15, 0.2) is 24.3 Å². The second-order valence-corrected chi connectivity index (χ2v) is 4.50. The summed E-state index contributed by atoms with van der Waals surface area (Å²) in [7, 11) is 0. The molecule has 0 amide bonds. The zero-order valence-corrected chi connectivity index (χ0v) is 11.0. The fourth-order valence-electron chi connectivity index (χ4n) is 2.00. The van der Waals surface area contributed by atoms with Crippen LogP contribution in [-0.2, 0) is 11.2 Å². The summed E-state index contributed by atoms with van der Waals surface area (Å²) in [4.78, 5) is 10.8. The van der Waals surface area contributed by atoms with Gasteiger partial charge in [0.1, 0.15) is 5.82 Å². The van der Waals surface area contributed by atoms with Crippen molar-refractivity contribution >= 4 is 5.97 Å². The molecule has 0 spiro atoms. The fourth-order valence-corrected chi connectivity index (χ4v) is 2.00. The molecule has 0 bridgehead atoms. The Morgan fingerprint density at radius 2 is 2.10 bits per heavy atom. The smallest absolute Gasteiger partial charge is 0.305 e. The van der Waals surface area contributed by atoms with Crippen LogP contribution < -0.4 is 0 Å². The Morgan fingerprint density at radius 3 is 2.70 bits per heavy atom. The zero-order valence-electron chi connectivity index (χ0n) is 11.0. The van der Waals surface area contributed by atoms with Gasteiger partial charge >= 0.3 is 5.97 Å². The van der Waals surface area contributed by atoms with Gasteiger partial charge in [0.2, 0.25) is 0 Å². The molecule has 1 unspecified atom stereocenters. The van der Waals surface area contributed by atoms with E-state index in [1.54, 1.807) is 12.1 Å². The van der Waals surface area contributed by atoms with E-state index in [-0.39, 0.29) is 18.3 Å². The second kappa shape index (κ2) is 6.23. The maximum atomic E-state index is 12.9. The fraction of sp³-hybridized carbons (Fsp3) is 0.385. The van der Waals surface area contributed by atoms with Crippen molar-refractivity contribution in [1.82, 2.24) is 20.2 Å². The number of aromatic nitrogens is 4. The van der Waals surface area contributed by atoms with Gasteiger partial charge in [-0.15, -0.1) is 5.10 Å². The molecule has 0 aliphatic carbocycles. The first-order valence-corrected chi connectivity index (χ1v) is 6.33. The number of aliphatic carboxylic acids is 1. The standard InChI is InChI=1S/C13H15FN4O2/c1-2-11(8-13(19)20)18-12(15-16-17-18)7-9-3-5-10(14)6-4-9/h3-6,11H,2,7-8H2,1H3,(H,19,20). The topological polar surface area (TPSA) is 80.9 Å². The molecule has 0 aliphatic heterocycles. The molecular formula is C13H15FN4O2. The minimum absolute atomic E-state index is 0.0298. The molecular weight excluding hydrogens is 263 g/mol.